The van der Waals surface area contributed by atoms with Gasteiger partial charge in [0.15, 0.2) is 0 Å². The molecule has 2 rings (SSSR count). The smallest absolute Gasteiger partial charge is 0.230 e. The number of carbonyl (C=O) groups is 1. The fourth-order valence-electron chi connectivity index (χ4n) is 1.60. The van der Waals surface area contributed by atoms with Crippen LogP contribution in [0.3, 0.4) is 0 Å². The monoisotopic (exact) mass is 257 g/mol. The van der Waals surface area contributed by atoms with Crippen LogP contribution in [0.15, 0.2) is 24.3 Å². The molecule has 1 aliphatic rings. The van der Waals surface area contributed by atoms with Gasteiger partial charge in [-0.15, -0.1) is 23.2 Å². The molecule has 0 heterocycles. The Morgan fingerprint density at radius 3 is 2.81 bits per heavy atom. The number of nitrogens with one attached hydrogen (secondary N) is 1. The van der Waals surface area contributed by atoms with Gasteiger partial charge in [0.25, 0.3) is 0 Å². The number of halogens is 2. The molecule has 1 aromatic carbocycles. The maximum atomic E-state index is 11.7. The third kappa shape index (κ3) is 2.50. The maximum absolute atomic E-state index is 11.7. The van der Waals surface area contributed by atoms with E-state index in [1.54, 1.807) is 0 Å². The van der Waals surface area contributed by atoms with Gasteiger partial charge in [0, 0.05) is 5.69 Å². The summed E-state index contributed by atoms with van der Waals surface area (Å²) in [6, 6.07) is 7.78. The van der Waals surface area contributed by atoms with E-state index in [1.807, 2.05) is 24.3 Å². The van der Waals surface area contributed by atoms with Crippen LogP contribution in [-0.4, -0.2) is 10.2 Å². The van der Waals surface area contributed by atoms with E-state index in [4.69, 9.17) is 23.2 Å². The summed E-state index contributed by atoms with van der Waals surface area (Å²) in [6.45, 7) is 2.07. The Morgan fingerprint density at radius 1 is 1.56 bits per heavy atom. The van der Waals surface area contributed by atoms with Crippen molar-refractivity contribution in [2.75, 3.05) is 5.32 Å². The highest BCUT2D eigenvalue weighted by molar-refractivity contribution is 6.52. The molecule has 0 saturated heterocycles. The molecule has 0 aromatic heterocycles. The predicted molar refractivity (Wildman–Crippen MR) is 67.0 cm³/mol. The van der Waals surface area contributed by atoms with Gasteiger partial charge in [-0.2, -0.15) is 0 Å². The lowest BCUT2D eigenvalue weighted by molar-refractivity contribution is -0.117. The number of benzene rings is 1. The maximum Gasteiger partial charge on any atom is 0.230 e. The highest BCUT2D eigenvalue weighted by atomic mass is 35.5. The molecule has 4 heteroatoms. The minimum atomic E-state index is -0.855. The van der Waals surface area contributed by atoms with Crippen molar-refractivity contribution in [3.63, 3.8) is 0 Å². The number of carbonyl (C=O) groups excluding carboxylic acids is 1. The van der Waals surface area contributed by atoms with E-state index < -0.39 is 4.33 Å². The molecule has 86 valence electrons. The molecule has 0 spiro atoms. The van der Waals surface area contributed by atoms with Crippen LogP contribution in [0.25, 0.3) is 0 Å². The number of alkyl halides is 2. The molecule has 0 bridgehead atoms. The Labute approximate surface area is 105 Å². The molecule has 0 radical (unpaired) electrons. The second-order valence-corrected chi connectivity index (χ2v) is 5.60. The van der Waals surface area contributed by atoms with E-state index in [0.29, 0.717) is 6.42 Å². The number of amides is 1. The first-order valence-electron chi connectivity index (χ1n) is 5.30. The average Bonchev–Trinajstić information content (AvgIpc) is 2.88. The zero-order valence-electron chi connectivity index (χ0n) is 8.97. The van der Waals surface area contributed by atoms with Crippen LogP contribution in [0, 0.1) is 5.92 Å². The van der Waals surface area contributed by atoms with Crippen LogP contribution >= 0.6 is 23.2 Å². The summed E-state index contributed by atoms with van der Waals surface area (Å²) in [7, 11) is 0. The van der Waals surface area contributed by atoms with E-state index in [1.165, 1.54) is 5.56 Å². The molecule has 1 amide bonds. The van der Waals surface area contributed by atoms with Crippen LogP contribution in [0.5, 0.6) is 0 Å². The van der Waals surface area contributed by atoms with Gasteiger partial charge in [0.1, 0.15) is 4.33 Å². The fourth-order valence-corrected chi connectivity index (χ4v) is 2.10. The van der Waals surface area contributed by atoms with Crippen LogP contribution in [0.1, 0.15) is 18.9 Å². The molecule has 1 fully saturated rings. The van der Waals surface area contributed by atoms with Crippen molar-refractivity contribution in [2.45, 2.75) is 24.1 Å². The zero-order chi connectivity index (χ0) is 11.8. The van der Waals surface area contributed by atoms with E-state index in [9.17, 15) is 4.79 Å². The first-order valence-corrected chi connectivity index (χ1v) is 6.06. The van der Waals surface area contributed by atoms with E-state index in [2.05, 4.69) is 12.2 Å². The van der Waals surface area contributed by atoms with Crippen molar-refractivity contribution in [2.24, 2.45) is 5.92 Å². The number of hydrogen-bond acceptors (Lipinski definition) is 1. The topological polar surface area (TPSA) is 29.1 Å². The van der Waals surface area contributed by atoms with Crippen LogP contribution in [-0.2, 0) is 11.2 Å². The SMILES string of the molecule is CCc1cccc(NC(=O)C2CC2(Cl)Cl)c1. The summed E-state index contributed by atoms with van der Waals surface area (Å²) < 4.78 is -0.855. The second kappa shape index (κ2) is 4.27. The lowest BCUT2D eigenvalue weighted by Crippen LogP contribution is -2.16. The third-order valence-corrected chi connectivity index (χ3v) is 3.58. The lowest BCUT2D eigenvalue weighted by atomic mass is 10.1. The van der Waals surface area contributed by atoms with Crippen molar-refractivity contribution in [1.82, 2.24) is 0 Å². The minimum absolute atomic E-state index is 0.0988. The highest BCUT2D eigenvalue weighted by Gasteiger charge is 2.56. The molecular weight excluding hydrogens is 245 g/mol. The Balaban J connectivity index is 2.01. The van der Waals surface area contributed by atoms with E-state index in [-0.39, 0.29) is 11.8 Å². The number of aryl methyl sites for hydroxylation is 1. The largest absolute Gasteiger partial charge is 0.326 e. The molecule has 1 atom stereocenters. The molecule has 1 aromatic rings. The predicted octanol–water partition coefficient (Wildman–Crippen LogP) is 3.38. The summed E-state index contributed by atoms with van der Waals surface area (Å²) in [6.07, 6.45) is 1.48. The molecule has 16 heavy (non-hydrogen) atoms. The van der Waals surface area contributed by atoms with Crippen LogP contribution in [0.2, 0.25) is 0 Å². The van der Waals surface area contributed by atoms with Crippen molar-refractivity contribution in [3.05, 3.63) is 29.8 Å². The quantitative estimate of drug-likeness (QED) is 0.827. The van der Waals surface area contributed by atoms with Gasteiger partial charge < -0.3 is 5.32 Å². The van der Waals surface area contributed by atoms with Gasteiger partial charge in [-0.3, -0.25) is 4.79 Å². The first-order chi connectivity index (χ1) is 7.53. The highest BCUT2D eigenvalue weighted by Crippen LogP contribution is 2.53. The summed E-state index contributed by atoms with van der Waals surface area (Å²) in [4.78, 5) is 11.7. The molecule has 0 aliphatic heterocycles. The Bertz CT molecular complexity index is 417. The van der Waals surface area contributed by atoms with E-state index in [0.717, 1.165) is 12.1 Å². The molecule has 1 saturated carbocycles. The standard InChI is InChI=1S/C12H13Cl2NO/c1-2-8-4-3-5-9(6-8)15-11(16)10-7-12(10,13)14/h3-6,10H,2,7H2,1H3,(H,15,16). The van der Waals surface area contributed by atoms with Gasteiger partial charge >= 0.3 is 0 Å². The van der Waals surface area contributed by atoms with Gasteiger partial charge in [-0.1, -0.05) is 19.1 Å². The van der Waals surface area contributed by atoms with E-state index >= 15 is 0 Å². The van der Waals surface area contributed by atoms with Gasteiger partial charge in [-0.05, 0) is 30.5 Å². The van der Waals surface area contributed by atoms with Crippen molar-refractivity contribution in [3.8, 4) is 0 Å². The number of hydrogen-bond donors (Lipinski definition) is 1. The Kier molecular flexibility index (Phi) is 3.13. The molecule has 2 nitrogen and oxygen atoms in total. The number of rotatable bonds is 3. The Morgan fingerprint density at radius 2 is 2.25 bits per heavy atom. The molecular formula is C12H13Cl2NO. The van der Waals surface area contributed by atoms with Crippen molar-refractivity contribution < 1.29 is 4.79 Å². The van der Waals surface area contributed by atoms with Gasteiger partial charge in [0.05, 0.1) is 5.92 Å². The molecule has 1 aliphatic carbocycles. The molecule has 1 N–H and O–H groups in total. The Hall–Kier alpha value is -0.730. The lowest BCUT2D eigenvalue weighted by Gasteiger charge is -2.06. The van der Waals surface area contributed by atoms with Crippen LogP contribution in [0.4, 0.5) is 5.69 Å². The zero-order valence-corrected chi connectivity index (χ0v) is 10.5. The van der Waals surface area contributed by atoms with Crippen LogP contribution < -0.4 is 5.32 Å². The minimum Gasteiger partial charge on any atom is -0.326 e. The third-order valence-electron chi connectivity index (χ3n) is 2.75. The summed E-state index contributed by atoms with van der Waals surface area (Å²) in [5.41, 5.74) is 2.00. The molecule has 1 unspecified atom stereocenters. The normalized spacial score (nSPS) is 21.6. The summed E-state index contributed by atoms with van der Waals surface area (Å²) in [5.74, 6) is -0.376. The van der Waals surface area contributed by atoms with Crippen molar-refractivity contribution in [1.29, 1.82) is 0 Å². The first kappa shape index (κ1) is 11.7. The van der Waals surface area contributed by atoms with Gasteiger partial charge in [0.2, 0.25) is 5.91 Å². The average molecular weight is 258 g/mol. The second-order valence-electron chi connectivity index (χ2n) is 4.06. The fraction of sp³-hybridized carbons (Fsp3) is 0.417. The summed E-state index contributed by atoms with van der Waals surface area (Å²) in [5, 5.41) is 2.83. The number of anilines is 1. The summed E-state index contributed by atoms with van der Waals surface area (Å²) >= 11 is 11.7. The van der Waals surface area contributed by atoms with Gasteiger partial charge in [-0.25, -0.2) is 0 Å². The van der Waals surface area contributed by atoms with Crippen molar-refractivity contribution >= 4 is 34.8 Å².